The van der Waals surface area contributed by atoms with Crippen molar-refractivity contribution in [3.05, 3.63) is 47.3 Å². The third-order valence-electron chi connectivity index (χ3n) is 2.68. The Kier molecular flexibility index (Phi) is 3.88. The van der Waals surface area contributed by atoms with Gasteiger partial charge in [0.2, 0.25) is 0 Å². The van der Waals surface area contributed by atoms with Gasteiger partial charge in [-0.3, -0.25) is 4.68 Å². The molecule has 0 atom stereocenters. The van der Waals surface area contributed by atoms with Crippen LogP contribution >= 0.6 is 0 Å². The highest BCUT2D eigenvalue weighted by atomic mass is 19.4. The second kappa shape index (κ2) is 5.47. The summed E-state index contributed by atoms with van der Waals surface area (Å²) in [7, 11) is 1.67. The van der Waals surface area contributed by atoms with Gasteiger partial charge >= 0.3 is 12.1 Å². The van der Waals surface area contributed by atoms with E-state index in [9.17, 15) is 18.0 Å². The van der Waals surface area contributed by atoms with Crippen molar-refractivity contribution in [3.63, 3.8) is 0 Å². The maximum absolute atomic E-state index is 12.9. The number of rotatable bonds is 4. The lowest BCUT2D eigenvalue weighted by Gasteiger charge is -2.14. The Morgan fingerprint density at radius 3 is 2.62 bits per heavy atom. The standard InChI is InChI=1S/C13H11F3N2O3/c1-18-5-4-9(17-18)7-21-11-3-2-8(12(19)20)6-10(11)13(14,15)16/h2-6H,7H2,1H3,(H,19,20). The van der Waals surface area contributed by atoms with Gasteiger partial charge in [-0.15, -0.1) is 0 Å². The Morgan fingerprint density at radius 1 is 1.38 bits per heavy atom. The molecule has 2 aromatic rings. The summed E-state index contributed by atoms with van der Waals surface area (Å²) in [5.41, 5.74) is -1.11. The van der Waals surface area contributed by atoms with Crippen molar-refractivity contribution in [1.82, 2.24) is 9.78 Å². The fourth-order valence-corrected chi connectivity index (χ4v) is 1.70. The number of carbonyl (C=O) groups is 1. The minimum absolute atomic E-state index is 0.143. The number of alkyl halides is 3. The van der Waals surface area contributed by atoms with Crippen molar-refractivity contribution < 1.29 is 27.8 Å². The molecule has 1 heterocycles. The van der Waals surface area contributed by atoms with E-state index >= 15 is 0 Å². The third-order valence-corrected chi connectivity index (χ3v) is 2.68. The predicted octanol–water partition coefficient (Wildman–Crippen LogP) is 2.72. The molecule has 0 aliphatic rings. The zero-order chi connectivity index (χ0) is 15.6. The number of carboxylic acids is 1. The molecule has 8 heteroatoms. The van der Waals surface area contributed by atoms with Crippen molar-refractivity contribution in [2.75, 3.05) is 0 Å². The van der Waals surface area contributed by atoms with Crippen LogP contribution in [0.2, 0.25) is 0 Å². The second-order valence-corrected chi connectivity index (χ2v) is 4.28. The van der Waals surface area contributed by atoms with E-state index in [1.807, 2.05) is 0 Å². The molecule has 0 aliphatic carbocycles. The molecule has 112 valence electrons. The molecule has 0 aliphatic heterocycles. The monoisotopic (exact) mass is 300 g/mol. The Morgan fingerprint density at radius 2 is 2.10 bits per heavy atom. The number of nitrogens with zero attached hydrogens (tertiary/aromatic N) is 2. The number of ether oxygens (including phenoxy) is 1. The summed E-state index contributed by atoms with van der Waals surface area (Å²) in [5, 5.41) is 12.7. The van der Waals surface area contributed by atoms with Crippen LogP contribution in [0.15, 0.2) is 30.5 Å². The van der Waals surface area contributed by atoms with E-state index in [0.29, 0.717) is 11.8 Å². The van der Waals surface area contributed by atoms with Crippen LogP contribution in [0, 0.1) is 0 Å². The molecule has 0 bridgehead atoms. The summed E-state index contributed by atoms with van der Waals surface area (Å²) in [6.45, 7) is -0.143. The lowest BCUT2D eigenvalue weighted by molar-refractivity contribution is -0.139. The third kappa shape index (κ3) is 3.53. The quantitative estimate of drug-likeness (QED) is 0.943. The molecule has 0 saturated carbocycles. The second-order valence-electron chi connectivity index (χ2n) is 4.28. The number of benzene rings is 1. The molecule has 1 aromatic heterocycles. The van der Waals surface area contributed by atoms with Crippen LogP contribution in [0.25, 0.3) is 0 Å². The summed E-state index contributed by atoms with van der Waals surface area (Å²) < 4.78 is 45.4. The molecule has 1 aromatic carbocycles. The Labute approximate surface area is 117 Å². The molecule has 0 saturated heterocycles. The van der Waals surface area contributed by atoms with Gasteiger partial charge in [-0.25, -0.2) is 4.79 Å². The van der Waals surface area contributed by atoms with Gasteiger partial charge in [-0.1, -0.05) is 0 Å². The number of hydrogen-bond donors (Lipinski definition) is 1. The minimum Gasteiger partial charge on any atom is -0.487 e. The normalized spacial score (nSPS) is 11.4. The highest BCUT2D eigenvalue weighted by Gasteiger charge is 2.35. The number of aromatic nitrogens is 2. The van der Waals surface area contributed by atoms with E-state index < -0.39 is 29.0 Å². The summed E-state index contributed by atoms with van der Waals surface area (Å²) in [5.74, 6) is -1.87. The highest BCUT2D eigenvalue weighted by molar-refractivity contribution is 5.88. The number of carboxylic acid groups (broad SMARTS) is 1. The van der Waals surface area contributed by atoms with Gasteiger partial charge in [0.15, 0.2) is 0 Å². The number of aryl methyl sites for hydroxylation is 1. The van der Waals surface area contributed by atoms with Gasteiger partial charge in [-0.05, 0) is 24.3 Å². The predicted molar refractivity (Wildman–Crippen MR) is 65.9 cm³/mol. The van der Waals surface area contributed by atoms with Crippen LogP contribution in [-0.2, 0) is 19.8 Å². The maximum Gasteiger partial charge on any atom is 0.419 e. The lowest BCUT2D eigenvalue weighted by atomic mass is 10.1. The van der Waals surface area contributed by atoms with E-state index in [2.05, 4.69) is 5.10 Å². The van der Waals surface area contributed by atoms with Crippen LogP contribution in [0.1, 0.15) is 21.6 Å². The molecule has 21 heavy (non-hydrogen) atoms. The first-order valence-corrected chi connectivity index (χ1v) is 5.83. The first-order chi connectivity index (χ1) is 9.77. The lowest BCUT2D eigenvalue weighted by Crippen LogP contribution is -2.11. The summed E-state index contributed by atoms with van der Waals surface area (Å²) >= 11 is 0. The first-order valence-electron chi connectivity index (χ1n) is 5.83. The molecule has 2 rings (SSSR count). The van der Waals surface area contributed by atoms with Gasteiger partial charge in [0, 0.05) is 13.2 Å². The van der Waals surface area contributed by atoms with E-state index in [4.69, 9.17) is 9.84 Å². The largest absolute Gasteiger partial charge is 0.487 e. The minimum atomic E-state index is -4.70. The van der Waals surface area contributed by atoms with E-state index in [1.165, 1.54) is 4.68 Å². The number of aromatic carboxylic acids is 1. The van der Waals surface area contributed by atoms with E-state index in [-0.39, 0.29) is 6.61 Å². The van der Waals surface area contributed by atoms with Gasteiger partial charge in [0.25, 0.3) is 0 Å². The molecule has 0 fully saturated rings. The number of halogens is 3. The fraction of sp³-hybridized carbons (Fsp3) is 0.231. The van der Waals surface area contributed by atoms with Crippen LogP contribution in [-0.4, -0.2) is 20.9 Å². The highest BCUT2D eigenvalue weighted by Crippen LogP contribution is 2.37. The Balaban J connectivity index is 2.27. The molecule has 0 radical (unpaired) electrons. The molecule has 0 unspecified atom stereocenters. The zero-order valence-corrected chi connectivity index (χ0v) is 10.9. The van der Waals surface area contributed by atoms with Gasteiger partial charge in [0.05, 0.1) is 16.8 Å². The molecular formula is C13H11F3N2O3. The molecule has 0 spiro atoms. The zero-order valence-electron chi connectivity index (χ0n) is 10.9. The van der Waals surface area contributed by atoms with Crippen molar-refractivity contribution in [2.24, 2.45) is 7.05 Å². The fourth-order valence-electron chi connectivity index (χ4n) is 1.70. The Hall–Kier alpha value is -2.51. The van der Waals surface area contributed by atoms with Gasteiger partial charge in [-0.2, -0.15) is 18.3 Å². The maximum atomic E-state index is 12.9. The molecule has 5 nitrogen and oxygen atoms in total. The molecule has 1 N–H and O–H groups in total. The van der Waals surface area contributed by atoms with Gasteiger partial charge < -0.3 is 9.84 Å². The van der Waals surface area contributed by atoms with E-state index in [1.54, 1.807) is 19.3 Å². The number of hydrogen-bond acceptors (Lipinski definition) is 3. The van der Waals surface area contributed by atoms with Crippen LogP contribution in [0.3, 0.4) is 0 Å². The van der Waals surface area contributed by atoms with Gasteiger partial charge in [0.1, 0.15) is 12.4 Å². The topological polar surface area (TPSA) is 64.3 Å². The molecular weight excluding hydrogens is 289 g/mol. The average molecular weight is 300 g/mol. The van der Waals surface area contributed by atoms with Crippen LogP contribution in [0.5, 0.6) is 5.75 Å². The first kappa shape index (κ1) is 14.9. The molecule has 0 amide bonds. The summed E-state index contributed by atoms with van der Waals surface area (Å²) in [4.78, 5) is 10.8. The van der Waals surface area contributed by atoms with Crippen LogP contribution < -0.4 is 4.74 Å². The SMILES string of the molecule is Cn1ccc(COc2ccc(C(=O)O)cc2C(F)(F)F)n1. The smallest absolute Gasteiger partial charge is 0.419 e. The Bertz CT molecular complexity index is 665. The van der Waals surface area contributed by atoms with Crippen molar-refractivity contribution in [2.45, 2.75) is 12.8 Å². The van der Waals surface area contributed by atoms with Crippen molar-refractivity contribution >= 4 is 5.97 Å². The summed E-state index contributed by atoms with van der Waals surface area (Å²) in [6.07, 6.45) is -3.07. The van der Waals surface area contributed by atoms with Crippen molar-refractivity contribution in [3.8, 4) is 5.75 Å². The van der Waals surface area contributed by atoms with Crippen LogP contribution in [0.4, 0.5) is 13.2 Å². The summed E-state index contributed by atoms with van der Waals surface area (Å²) in [6, 6.07) is 4.22. The van der Waals surface area contributed by atoms with Crippen molar-refractivity contribution in [1.29, 1.82) is 0 Å². The average Bonchev–Trinajstić information content (AvgIpc) is 2.81. The van der Waals surface area contributed by atoms with E-state index in [0.717, 1.165) is 12.1 Å².